The van der Waals surface area contributed by atoms with Gasteiger partial charge in [-0.25, -0.2) is 0 Å². The van der Waals surface area contributed by atoms with E-state index in [4.69, 9.17) is 4.42 Å². The van der Waals surface area contributed by atoms with Crippen molar-refractivity contribution in [3.8, 4) is 11.5 Å². The lowest BCUT2D eigenvalue weighted by Crippen LogP contribution is -2.18. The van der Waals surface area contributed by atoms with Gasteiger partial charge in [0.15, 0.2) is 0 Å². The van der Waals surface area contributed by atoms with Crippen molar-refractivity contribution in [3.05, 3.63) is 30.7 Å². The minimum absolute atomic E-state index is 0.559. The second-order valence-electron chi connectivity index (χ2n) is 4.74. The Morgan fingerprint density at radius 1 is 1.11 bits per heavy atom. The third kappa shape index (κ3) is 3.81. The van der Waals surface area contributed by atoms with Crippen molar-refractivity contribution in [1.82, 2.24) is 10.2 Å². The van der Waals surface area contributed by atoms with Crippen LogP contribution in [0.4, 0.5) is 5.69 Å². The highest BCUT2D eigenvalue weighted by atomic mass is 16.4. The van der Waals surface area contributed by atoms with E-state index in [0.717, 1.165) is 11.3 Å². The molecule has 0 aliphatic heterocycles. The summed E-state index contributed by atoms with van der Waals surface area (Å²) in [5.41, 5.74) is 2.10. The molecule has 0 saturated heterocycles. The summed E-state index contributed by atoms with van der Waals surface area (Å²) in [6.45, 7) is 4.45. The predicted molar refractivity (Wildman–Crippen MR) is 77.0 cm³/mol. The van der Waals surface area contributed by atoms with E-state index in [0.29, 0.717) is 11.9 Å². The number of anilines is 1. The third-order valence-electron chi connectivity index (χ3n) is 3.14. The molecule has 0 bridgehead atoms. The van der Waals surface area contributed by atoms with Crippen LogP contribution in [0.25, 0.3) is 11.5 Å². The highest BCUT2D eigenvalue weighted by Crippen LogP contribution is 2.20. The number of hydrogen-bond donors (Lipinski definition) is 1. The zero-order valence-electron chi connectivity index (χ0n) is 11.6. The quantitative estimate of drug-likeness (QED) is 0.812. The zero-order chi connectivity index (χ0) is 13.5. The van der Waals surface area contributed by atoms with Crippen molar-refractivity contribution < 1.29 is 4.42 Å². The Hall–Kier alpha value is -1.84. The molecule has 0 amide bonds. The van der Waals surface area contributed by atoms with Gasteiger partial charge < -0.3 is 9.73 Å². The van der Waals surface area contributed by atoms with Gasteiger partial charge in [-0.15, -0.1) is 10.2 Å². The zero-order valence-corrected chi connectivity index (χ0v) is 11.6. The summed E-state index contributed by atoms with van der Waals surface area (Å²) in [4.78, 5) is 0. The van der Waals surface area contributed by atoms with Gasteiger partial charge >= 0.3 is 0 Å². The molecule has 19 heavy (non-hydrogen) atoms. The Morgan fingerprint density at radius 3 is 2.32 bits per heavy atom. The molecule has 4 heteroatoms. The first-order valence-electron chi connectivity index (χ1n) is 6.96. The van der Waals surface area contributed by atoms with Crippen LogP contribution in [-0.4, -0.2) is 16.2 Å². The number of nitrogens with one attached hydrogen (secondary N) is 1. The van der Waals surface area contributed by atoms with Gasteiger partial charge in [0.05, 0.1) is 0 Å². The largest absolute Gasteiger partial charge is 0.423 e. The first-order chi connectivity index (χ1) is 9.33. The molecule has 0 saturated carbocycles. The summed E-state index contributed by atoms with van der Waals surface area (Å²) in [5.74, 6) is 0.560. The van der Waals surface area contributed by atoms with Crippen molar-refractivity contribution in [1.29, 1.82) is 0 Å². The first kappa shape index (κ1) is 13.6. The van der Waals surface area contributed by atoms with E-state index in [1.165, 1.54) is 32.1 Å². The van der Waals surface area contributed by atoms with Crippen LogP contribution in [0.3, 0.4) is 0 Å². The molecule has 2 aromatic rings. The second kappa shape index (κ2) is 6.92. The normalized spacial score (nSPS) is 10.9. The molecule has 0 atom stereocenters. The number of hydrogen-bond acceptors (Lipinski definition) is 4. The molecule has 0 aliphatic rings. The molecular weight excluding hydrogens is 238 g/mol. The van der Waals surface area contributed by atoms with Gasteiger partial charge in [0.1, 0.15) is 0 Å². The van der Waals surface area contributed by atoms with Gasteiger partial charge in [-0.05, 0) is 37.1 Å². The fraction of sp³-hybridized carbons (Fsp3) is 0.467. The molecule has 4 nitrogen and oxygen atoms in total. The van der Waals surface area contributed by atoms with Gasteiger partial charge in [-0.1, -0.05) is 26.7 Å². The molecule has 1 heterocycles. The molecule has 0 aliphatic carbocycles. The third-order valence-corrected chi connectivity index (χ3v) is 3.14. The van der Waals surface area contributed by atoms with Gasteiger partial charge in [-0.2, -0.15) is 0 Å². The van der Waals surface area contributed by atoms with Crippen LogP contribution in [0.2, 0.25) is 0 Å². The van der Waals surface area contributed by atoms with Crippen LogP contribution >= 0.6 is 0 Å². The Labute approximate surface area is 114 Å². The summed E-state index contributed by atoms with van der Waals surface area (Å²) in [6, 6.07) is 8.70. The molecule has 0 radical (unpaired) electrons. The van der Waals surface area contributed by atoms with E-state index in [2.05, 4.69) is 41.5 Å². The van der Waals surface area contributed by atoms with Crippen molar-refractivity contribution in [2.75, 3.05) is 5.32 Å². The van der Waals surface area contributed by atoms with Gasteiger partial charge in [0.25, 0.3) is 0 Å². The SMILES string of the molecule is CCCC(CCC)Nc1ccc(-c2nnco2)cc1. The molecule has 102 valence electrons. The lowest BCUT2D eigenvalue weighted by atomic mass is 10.1. The molecule has 1 N–H and O–H groups in total. The maximum atomic E-state index is 5.18. The molecule has 1 aromatic carbocycles. The summed E-state index contributed by atoms with van der Waals surface area (Å²) in [6.07, 6.45) is 6.17. The lowest BCUT2D eigenvalue weighted by Gasteiger charge is -2.18. The second-order valence-corrected chi connectivity index (χ2v) is 4.74. The van der Waals surface area contributed by atoms with E-state index in [-0.39, 0.29) is 0 Å². The highest BCUT2D eigenvalue weighted by molar-refractivity contribution is 5.58. The maximum absolute atomic E-state index is 5.18. The number of aromatic nitrogens is 2. The molecule has 2 rings (SSSR count). The van der Waals surface area contributed by atoms with Crippen LogP contribution in [0, 0.1) is 0 Å². The topological polar surface area (TPSA) is 51.0 Å². The summed E-state index contributed by atoms with van der Waals surface area (Å²) >= 11 is 0. The summed E-state index contributed by atoms with van der Waals surface area (Å²) in [7, 11) is 0. The Balaban J connectivity index is 2.01. The average Bonchev–Trinajstić information content (AvgIpc) is 2.94. The first-order valence-corrected chi connectivity index (χ1v) is 6.96. The number of benzene rings is 1. The predicted octanol–water partition coefficient (Wildman–Crippen LogP) is 4.12. The van der Waals surface area contributed by atoms with Crippen LogP contribution in [-0.2, 0) is 0 Å². The molecule has 0 unspecified atom stereocenters. The van der Waals surface area contributed by atoms with E-state index in [1.807, 2.05) is 12.1 Å². The fourth-order valence-corrected chi connectivity index (χ4v) is 2.23. The van der Waals surface area contributed by atoms with Crippen molar-refractivity contribution in [2.24, 2.45) is 0 Å². The summed E-state index contributed by atoms with van der Waals surface area (Å²) in [5, 5.41) is 11.2. The van der Waals surface area contributed by atoms with E-state index >= 15 is 0 Å². The van der Waals surface area contributed by atoms with Gasteiger partial charge in [0.2, 0.25) is 12.3 Å². The van der Waals surface area contributed by atoms with Crippen molar-refractivity contribution in [3.63, 3.8) is 0 Å². The molecule has 1 aromatic heterocycles. The summed E-state index contributed by atoms with van der Waals surface area (Å²) < 4.78 is 5.18. The smallest absolute Gasteiger partial charge is 0.247 e. The molecule has 0 spiro atoms. The minimum Gasteiger partial charge on any atom is -0.423 e. The van der Waals surface area contributed by atoms with Crippen LogP contribution in [0.5, 0.6) is 0 Å². The van der Waals surface area contributed by atoms with E-state index < -0.39 is 0 Å². The van der Waals surface area contributed by atoms with Gasteiger partial charge in [-0.3, -0.25) is 0 Å². The Morgan fingerprint density at radius 2 is 1.79 bits per heavy atom. The highest BCUT2D eigenvalue weighted by Gasteiger charge is 2.07. The number of rotatable bonds is 7. The van der Waals surface area contributed by atoms with E-state index in [9.17, 15) is 0 Å². The maximum Gasteiger partial charge on any atom is 0.247 e. The lowest BCUT2D eigenvalue weighted by molar-refractivity contribution is 0.568. The number of nitrogens with zero attached hydrogens (tertiary/aromatic N) is 2. The standard InChI is InChI=1S/C15H21N3O/c1-3-5-13(6-4-2)17-14-9-7-12(8-10-14)15-18-16-11-19-15/h7-11,13,17H,3-6H2,1-2H3. The fourth-order valence-electron chi connectivity index (χ4n) is 2.23. The van der Waals surface area contributed by atoms with E-state index in [1.54, 1.807) is 0 Å². The average molecular weight is 259 g/mol. The Bertz CT molecular complexity index is 459. The Kier molecular flexibility index (Phi) is 4.95. The minimum atomic E-state index is 0.559. The van der Waals surface area contributed by atoms with Crippen LogP contribution in [0.1, 0.15) is 39.5 Å². The van der Waals surface area contributed by atoms with Gasteiger partial charge in [0, 0.05) is 17.3 Å². The van der Waals surface area contributed by atoms with Crippen molar-refractivity contribution >= 4 is 5.69 Å². The molecular formula is C15H21N3O. The van der Waals surface area contributed by atoms with Crippen LogP contribution in [0.15, 0.2) is 35.1 Å². The molecule has 0 fully saturated rings. The monoisotopic (exact) mass is 259 g/mol. The van der Waals surface area contributed by atoms with Crippen LogP contribution < -0.4 is 5.32 Å². The van der Waals surface area contributed by atoms with Crippen molar-refractivity contribution in [2.45, 2.75) is 45.6 Å².